The number of benzene rings is 1. The zero-order valence-corrected chi connectivity index (χ0v) is 12.3. The minimum atomic E-state index is -0.330. The molecule has 0 radical (unpaired) electrons. The first-order valence-electron chi connectivity index (χ1n) is 6.80. The SMILES string of the molecule is CCOC(=O)CCNC(=O)c1ccc(CNC(C)=O)cc1. The van der Waals surface area contributed by atoms with Crippen LogP contribution in [0.3, 0.4) is 0 Å². The van der Waals surface area contributed by atoms with Crippen LogP contribution in [0.5, 0.6) is 0 Å². The van der Waals surface area contributed by atoms with E-state index in [0.29, 0.717) is 18.7 Å². The molecular weight excluding hydrogens is 272 g/mol. The second-order valence-electron chi connectivity index (χ2n) is 4.42. The van der Waals surface area contributed by atoms with E-state index in [0.717, 1.165) is 5.56 Å². The Morgan fingerprint density at radius 2 is 1.76 bits per heavy atom. The molecule has 6 nitrogen and oxygen atoms in total. The van der Waals surface area contributed by atoms with Crippen LogP contribution >= 0.6 is 0 Å². The van der Waals surface area contributed by atoms with Crippen molar-refractivity contribution < 1.29 is 19.1 Å². The van der Waals surface area contributed by atoms with E-state index in [4.69, 9.17) is 4.74 Å². The van der Waals surface area contributed by atoms with Gasteiger partial charge in [-0.1, -0.05) is 12.1 Å². The fourth-order valence-corrected chi connectivity index (χ4v) is 1.61. The van der Waals surface area contributed by atoms with Crippen molar-refractivity contribution in [3.63, 3.8) is 0 Å². The lowest BCUT2D eigenvalue weighted by Gasteiger charge is -2.06. The highest BCUT2D eigenvalue weighted by Gasteiger charge is 2.07. The molecule has 0 atom stereocenters. The largest absolute Gasteiger partial charge is 0.466 e. The lowest BCUT2D eigenvalue weighted by molar-refractivity contribution is -0.142. The molecule has 0 fully saturated rings. The normalized spacial score (nSPS) is 9.81. The van der Waals surface area contributed by atoms with Crippen molar-refractivity contribution in [1.82, 2.24) is 10.6 Å². The van der Waals surface area contributed by atoms with E-state index in [-0.39, 0.29) is 30.7 Å². The van der Waals surface area contributed by atoms with Crippen LogP contribution in [-0.4, -0.2) is 30.9 Å². The smallest absolute Gasteiger partial charge is 0.307 e. The van der Waals surface area contributed by atoms with E-state index >= 15 is 0 Å². The molecule has 0 bridgehead atoms. The number of amides is 2. The van der Waals surface area contributed by atoms with Crippen LogP contribution in [0.25, 0.3) is 0 Å². The van der Waals surface area contributed by atoms with Crippen LogP contribution in [0, 0.1) is 0 Å². The highest BCUT2D eigenvalue weighted by molar-refractivity contribution is 5.94. The topological polar surface area (TPSA) is 84.5 Å². The first kappa shape index (κ1) is 16.7. The van der Waals surface area contributed by atoms with Gasteiger partial charge in [-0.15, -0.1) is 0 Å². The summed E-state index contributed by atoms with van der Waals surface area (Å²) in [6, 6.07) is 6.90. The number of nitrogens with one attached hydrogen (secondary N) is 2. The van der Waals surface area contributed by atoms with Crippen molar-refractivity contribution in [1.29, 1.82) is 0 Å². The molecule has 0 aliphatic carbocycles. The van der Waals surface area contributed by atoms with Gasteiger partial charge in [-0.2, -0.15) is 0 Å². The molecule has 6 heteroatoms. The summed E-state index contributed by atoms with van der Waals surface area (Å²) in [5.41, 5.74) is 1.42. The Kier molecular flexibility index (Phi) is 6.94. The number of carbonyl (C=O) groups excluding carboxylic acids is 3. The van der Waals surface area contributed by atoms with Gasteiger partial charge in [-0.25, -0.2) is 0 Å². The highest BCUT2D eigenvalue weighted by atomic mass is 16.5. The van der Waals surface area contributed by atoms with Gasteiger partial charge in [0, 0.05) is 25.6 Å². The molecule has 1 aromatic rings. The van der Waals surface area contributed by atoms with E-state index in [1.165, 1.54) is 6.92 Å². The van der Waals surface area contributed by atoms with E-state index in [9.17, 15) is 14.4 Å². The molecule has 0 heterocycles. The third kappa shape index (κ3) is 6.56. The van der Waals surface area contributed by atoms with Crippen LogP contribution < -0.4 is 10.6 Å². The van der Waals surface area contributed by atoms with E-state index in [1.807, 2.05) is 0 Å². The molecule has 114 valence electrons. The molecule has 0 unspecified atom stereocenters. The molecule has 0 saturated carbocycles. The van der Waals surface area contributed by atoms with Gasteiger partial charge in [-0.05, 0) is 24.6 Å². The molecule has 0 aromatic heterocycles. The Labute approximate surface area is 123 Å². The number of rotatable bonds is 7. The van der Waals surface area contributed by atoms with Crippen LogP contribution in [-0.2, 0) is 20.9 Å². The third-order valence-corrected chi connectivity index (χ3v) is 2.68. The minimum absolute atomic E-state index is 0.101. The number of esters is 1. The van der Waals surface area contributed by atoms with Crippen molar-refractivity contribution >= 4 is 17.8 Å². The molecule has 0 aliphatic rings. The van der Waals surface area contributed by atoms with E-state index in [2.05, 4.69) is 10.6 Å². The van der Waals surface area contributed by atoms with Crippen molar-refractivity contribution in [2.75, 3.05) is 13.2 Å². The second-order valence-corrected chi connectivity index (χ2v) is 4.42. The lowest BCUT2D eigenvalue weighted by Crippen LogP contribution is -2.26. The zero-order chi connectivity index (χ0) is 15.7. The summed E-state index contributed by atoms with van der Waals surface area (Å²) in [5.74, 6) is -0.676. The summed E-state index contributed by atoms with van der Waals surface area (Å²) in [6.07, 6.45) is 0.153. The van der Waals surface area contributed by atoms with Crippen molar-refractivity contribution in [2.24, 2.45) is 0 Å². The molecule has 0 spiro atoms. The van der Waals surface area contributed by atoms with Gasteiger partial charge in [0.2, 0.25) is 5.91 Å². The van der Waals surface area contributed by atoms with Crippen molar-refractivity contribution in [3.05, 3.63) is 35.4 Å². The van der Waals surface area contributed by atoms with Gasteiger partial charge >= 0.3 is 5.97 Å². The first-order chi connectivity index (χ1) is 10.0. The summed E-state index contributed by atoms with van der Waals surface area (Å²) in [7, 11) is 0. The highest BCUT2D eigenvalue weighted by Crippen LogP contribution is 2.04. The van der Waals surface area contributed by atoms with Gasteiger partial charge in [0.05, 0.1) is 13.0 Å². The Bertz CT molecular complexity index is 497. The minimum Gasteiger partial charge on any atom is -0.466 e. The quantitative estimate of drug-likeness (QED) is 0.734. The van der Waals surface area contributed by atoms with E-state index < -0.39 is 0 Å². The van der Waals surface area contributed by atoms with Gasteiger partial charge in [0.15, 0.2) is 0 Å². The average molecular weight is 292 g/mol. The van der Waals surface area contributed by atoms with Crippen molar-refractivity contribution in [2.45, 2.75) is 26.8 Å². The van der Waals surface area contributed by atoms with E-state index in [1.54, 1.807) is 31.2 Å². The van der Waals surface area contributed by atoms with Crippen molar-refractivity contribution in [3.8, 4) is 0 Å². The lowest BCUT2D eigenvalue weighted by atomic mass is 10.1. The third-order valence-electron chi connectivity index (χ3n) is 2.68. The predicted octanol–water partition coefficient (Wildman–Crippen LogP) is 1.01. The zero-order valence-electron chi connectivity index (χ0n) is 12.3. The maximum atomic E-state index is 11.8. The molecule has 0 saturated heterocycles. The molecular formula is C15H20N2O4. The summed E-state index contributed by atoms with van der Waals surface area (Å²) < 4.78 is 4.77. The second kappa shape index (κ2) is 8.73. The molecule has 1 aromatic carbocycles. The summed E-state index contributed by atoms with van der Waals surface area (Å²) >= 11 is 0. The van der Waals surface area contributed by atoms with Crippen LogP contribution in [0.15, 0.2) is 24.3 Å². The van der Waals surface area contributed by atoms with Crippen LogP contribution in [0.4, 0.5) is 0 Å². The van der Waals surface area contributed by atoms with Crippen LogP contribution in [0.2, 0.25) is 0 Å². The molecule has 21 heavy (non-hydrogen) atoms. The summed E-state index contributed by atoms with van der Waals surface area (Å²) in [5, 5.41) is 5.33. The predicted molar refractivity (Wildman–Crippen MR) is 77.5 cm³/mol. The standard InChI is InChI=1S/C15H20N2O4/c1-3-21-14(19)8-9-16-15(20)13-6-4-12(5-7-13)10-17-11(2)18/h4-7H,3,8-10H2,1-2H3,(H,16,20)(H,17,18). The molecule has 1 rings (SSSR count). The number of carbonyl (C=O) groups is 3. The molecule has 2 amide bonds. The fourth-order valence-electron chi connectivity index (χ4n) is 1.61. The number of ether oxygens (including phenoxy) is 1. The Balaban J connectivity index is 2.40. The monoisotopic (exact) mass is 292 g/mol. The Morgan fingerprint density at radius 3 is 2.33 bits per heavy atom. The maximum Gasteiger partial charge on any atom is 0.307 e. The Hall–Kier alpha value is -2.37. The van der Waals surface area contributed by atoms with Gasteiger partial charge < -0.3 is 15.4 Å². The number of hydrogen-bond donors (Lipinski definition) is 2. The van der Waals surface area contributed by atoms with Gasteiger partial charge in [0.1, 0.15) is 0 Å². The first-order valence-corrected chi connectivity index (χ1v) is 6.80. The summed E-state index contributed by atoms with van der Waals surface area (Å²) in [6.45, 7) is 4.19. The van der Waals surface area contributed by atoms with Gasteiger partial charge in [0.25, 0.3) is 5.91 Å². The van der Waals surface area contributed by atoms with Crippen LogP contribution in [0.1, 0.15) is 36.2 Å². The molecule has 2 N–H and O–H groups in total. The number of hydrogen-bond acceptors (Lipinski definition) is 4. The molecule has 0 aliphatic heterocycles. The maximum absolute atomic E-state index is 11.8. The van der Waals surface area contributed by atoms with Gasteiger partial charge in [-0.3, -0.25) is 14.4 Å². The average Bonchev–Trinajstić information content (AvgIpc) is 2.45. The Morgan fingerprint density at radius 1 is 1.10 bits per heavy atom. The summed E-state index contributed by atoms with van der Waals surface area (Å²) in [4.78, 5) is 33.8. The fraction of sp³-hybridized carbons (Fsp3) is 0.400.